The number of ether oxygens (including phenoxy) is 1. The van der Waals surface area contributed by atoms with Gasteiger partial charge in [0, 0.05) is 24.2 Å². The van der Waals surface area contributed by atoms with Gasteiger partial charge in [0.1, 0.15) is 12.4 Å². The van der Waals surface area contributed by atoms with Crippen LogP contribution in [0, 0.1) is 17.0 Å². The van der Waals surface area contributed by atoms with Gasteiger partial charge in [-0.2, -0.15) is 5.10 Å². The lowest BCUT2D eigenvalue weighted by Crippen LogP contribution is -2.13. The Balaban J connectivity index is 1.65. The number of benzene rings is 2. The van der Waals surface area contributed by atoms with Crippen molar-refractivity contribution in [3.8, 4) is 5.75 Å². The Hall–Kier alpha value is -3.68. The number of aryl methyl sites for hydroxylation is 1. The largest absolute Gasteiger partial charge is 0.489 e. The molecule has 1 aromatic heterocycles. The summed E-state index contributed by atoms with van der Waals surface area (Å²) in [5.74, 6) is 0.291. The lowest BCUT2D eigenvalue weighted by molar-refractivity contribution is -0.384. The molecule has 1 heterocycles. The second-order valence-electron chi connectivity index (χ2n) is 6.15. The molecule has 0 aliphatic carbocycles. The van der Waals surface area contributed by atoms with Crippen molar-refractivity contribution >= 4 is 17.3 Å². The van der Waals surface area contributed by atoms with Crippen LogP contribution in [0.3, 0.4) is 0 Å². The third-order valence-electron chi connectivity index (χ3n) is 4.29. The van der Waals surface area contributed by atoms with E-state index in [2.05, 4.69) is 10.4 Å². The first kappa shape index (κ1) is 19.1. The van der Waals surface area contributed by atoms with Gasteiger partial charge in [0.05, 0.1) is 22.5 Å². The highest BCUT2D eigenvalue weighted by molar-refractivity contribution is 6.04. The highest BCUT2D eigenvalue weighted by Crippen LogP contribution is 2.19. The predicted molar refractivity (Wildman–Crippen MR) is 104 cm³/mol. The van der Waals surface area contributed by atoms with E-state index in [1.165, 1.54) is 12.1 Å². The average Bonchev–Trinajstić information content (AvgIpc) is 3.06. The van der Waals surface area contributed by atoms with Crippen LogP contribution in [-0.4, -0.2) is 20.6 Å². The molecule has 8 heteroatoms. The normalized spacial score (nSPS) is 10.5. The summed E-state index contributed by atoms with van der Waals surface area (Å²) in [6.45, 7) is 4.86. The van der Waals surface area contributed by atoms with E-state index in [1.807, 2.05) is 24.6 Å². The molecule has 0 spiro atoms. The van der Waals surface area contributed by atoms with Crippen LogP contribution in [-0.2, 0) is 13.2 Å². The van der Waals surface area contributed by atoms with Gasteiger partial charge < -0.3 is 10.1 Å². The minimum Gasteiger partial charge on any atom is -0.489 e. The lowest BCUT2D eigenvalue weighted by Gasteiger charge is -2.09. The molecule has 3 rings (SSSR count). The quantitative estimate of drug-likeness (QED) is 0.494. The van der Waals surface area contributed by atoms with Crippen LogP contribution in [0.4, 0.5) is 11.4 Å². The summed E-state index contributed by atoms with van der Waals surface area (Å²) < 4.78 is 7.46. The number of rotatable bonds is 7. The zero-order chi connectivity index (χ0) is 20.1. The van der Waals surface area contributed by atoms with Crippen molar-refractivity contribution < 1.29 is 14.5 Å². The van der Waals surface area contributed by atoms with Gasteiger partial charge in [-0.1, -0.05) is 12.1 Å². The Morgan fingerprint density at radius 3 is 2.64 bits per heavy atom. The third kappa shape index (κ3) is 4.35. The monoisotopic (exact) mass is 380 g/mol. The Morgan fingerprint density at radius 2 is 2.00 bits per heavy atom. The number of nitrogens with one attached hydrogen (secondary N) is 1. The summed E-state index contributed by atoms with van der Waals surface area (Å²) in [6, 6.07) is 13.0. The maximum Gasteiger partial charge on any atom is 0.269 e. The number of nitro groups is 1. The number of aromatic nitrogens is 2. The average molecular weight is 380 g/mol. The van der Waals surface area contributed by atoms with E-state index in [4.69, 9.17) is 4.74 Å². The molecular weight excluding hydrogens is 360 g/mol. The van der Waals surface area contributed by atoms with Crippen molar-refractivity contribution in [2.24, 2.45) is 0 Å². The van der Waals surface area contributed by atoms with E-state index in [0.29, 0.717) is 17.0 Å². The molecule has 0 fully saturated rings. The molecule has 144 valence electrons. The van der Waals surface area contributed by atoms with Gasteiger partial charge >= 0.3 is 0 Å². The van der Waals surface area contributed by atoms with Gasteiger partial charge in [-0.25, -0.2) is 0 Å². The summed E-state index contributed by atoms with van der Waals surface area (Å²) >= 11 is 0. The second-order valence-corrected chi connectivity index (χ2v) is 6.15. The predicted octanol–water partition coefficient (Wildman–Crippen LogP) is 3.95. The summed E-state index contributed by atoms with van der Waals surface area (Å²) in [7, 11) is 0. The van der Waals surface area contributed by atoms with E-state index in [-0.39, 0.29) is 18.2 Å². The second kappa shape index (κ2) is 8.34. The van der Waals surface area contributed by atoms with Gasteiger partial charge in [-0.05, 0) is 43.7 Å². The Labute approximate surface area is 161 Å². The SMILES string of the molecule is CCn1ncc(NC(=O)c2cccc(COc3ccc([N+](=O)[O-])cc3)c2)c1C. The van der Waals surface area contributed by atoms with Crippen LogP contribution in [0.1, 0.15) is 28.5 Å². The maximum absolute atomic E-state index is 12.5. The molecule has 0 aliphatic heterocycles. The molecule has 1 amide bonds. The minimum atomic E-state index is -0.461. The van der Waals surface area contributed by atoms with Crippen LogP contribution >= 0.6 is 0 Å². The third-order valence-corrected chi connectivity index (χ3v) is 4.29. The molecule has 0 atom stereocenters. The molecule has 0 unspecified atom stereocenters. The van der Waals surface area contributed by atoms with Gasteiger partial charge in [0.25, 0.3) is 11.6 Å². The first-order chi connectivity index (χ1) is 13.5. The van der Waals surface area contributed by atoms with E-state index in [9.17, 15) is 14.9 Å². The lowest BCUT2D eigenvalue weighted by atomic mass is 10.1. The number of carbonyl (C=O) groups excluding carboxylic acids is 1. The molecule has 0 saturated carbocycles. The van der Waals surface area contributed by atoms with Gasteiger partial charge in [0.15, 0.2) is 0 Å². The van der Waals surface area contributed by atoms with Gasteiger partial charge in [-0.3, -0.25) is 19.6 Å². The van der Waals surface area contributed by atoms with Crippen LogP contribution in [0.5, 0.6) is 5.75 Å². The Bertz CT molecular complexity index is 996. The molecule has 28 heavy (non-hydrogen) atoms. The molecule has 2 aromatic carbocycles. The van der Waals surface area contributed by atoms with Gasteiger partial charge in [0.2, 0.25) is 0 Å². The maximum atomic E-state index is 12.5. The van der Waals surface area contributed by atoms with Crippen molar-refractivity contribution in [2.75, 3.05) is 5.32 Å². The van der Waals surface area contributed by atoms with Crippen molar-refractivity contribution in [3.63, 3.8) is 0 Å². The molecule has 1 N–H and O–H groups in total. The first-order valence-corrected chi connectivity index (χ1v) is 8.78. The van der Waals surface area contributed by atoms with Crippen molar-refractivity contribution in [2.45, 2.75) is 27.0 Å². The van der Waals surface area contributed by atoms with Crippen molar-refractivity contribution in [1.82, 2.24) is 9.78 Å². The summed E-state index contributed by atoms with van der Waals surface area (Å²) in [5, 5.41) is 17.8. The number of nitro benzene ring substituents is 1. The van der Waals surface area contributed by atoms with Gasteiger partial charge in [-0.15, -0.1) is 0 Å². The molecule has 0 aliphatic rings. The number of hydrogen-bond acceptors (Lipinski definition) is 5. The number of anilines is 1. The Morgan fingerprint density at radius 1 is 1.25 bits per heavy atom. The highest BCUT2D eigenvalue weighted by atomic mass is 16.6. The fourth-order valence-corrected chi connectivity index (χ4v) is 2.72. The molecule has 3 aromatic rings. The van der Waals surface area contributed by atoms with E-state index in [0.717, 1.165) is 17.8 Å². The fourth-order valence-electron chi connectivity index (χ4n) is 2.72. The van der Waals surface area contributed by atoms with Crippen LogP contribution in [0.15, 0.2) is 54.7 Å². The van der Waals surface area contributed by atoms with Crippen molar-refractivity contribution in [3.05, 3.63) is 81.7 Å². The molecule has 0 saturated heterocycles. The number of amides is 1. The van der Waals surface area contributed by atoms with E-state index in [1.54, 1.807) is 36.5 Å². The van der Waals surface area contributed by atoms with Crippen LogP contribution < -0.4 is 10.1 Å². The topological polar surface area (TPSA) is 99.3 Å². The first-order valence-electron chi connectivity index (χ1n) is 8.78. The van der Waals surface area contributed by atoms with E-state index >= 15 is 0 Å². The molecular formula is C20H20N4O4. The molecule has 0 radical (unpaired) electrons. The summed E-state index contributed by atoms with van der Waals surface area (Å²) in [4.78, 5) is 22.8. The summed E-state index contributed by atoms with van der Waals surface area (Å²) in [6.07, 6.45) is 1.64. The van der Waals surface area contributed by atoms with Crippen molar-refractivity contribution in [1.29, 1.82) is 0 Å². The zero-order valence-corrected chi connectivity index (χ0v) is 15.6. The minimum absolute atomic E-state index is 0.00714. The van der Waals surface area contributed by atoms with Crippen LogP contribution in [0.25, 0.3) is 0 Å². The fraction of sp³-hybridized carbons (Fsp3) is 0.200. The zero-order valence-electron chi connectivity index (χ0n) is 15.6. The number of nitrogens with zero attached hydrogens (tertiary/aromatic N) is 3. The number of hydrogen-bond donors (Lipinski definition) is 1. The van der Waals surface area contributed by atoms with E-state index < -0.39 is 4.92 Å². The molecule has 0 bridgehead atoms. The molecule has 8 nitrogen and oxygen atoms in total. The standard InChI is InChI=1S/C20H20N4O4/c1-3-23-14(2)19(12-21-23)22-20(25)16-6-4-5-15(11-16)13-28-18-9-7-17(8-10-18)24(26)27/h4-12H,3,13H2,1-2H3,(H,22,25). The number of carbonyl (C=O) groups is 1. The smallest absolute Gasteiger partial charge is 0.269 e. The van der Waals surface area contributed by atoms with Crippen LogP contribution in [0.2, 0.25) is 0 Å². The number of non-ortho nitro benzene ring substituents is 1. The summed E-state index contributed by atoms with van der Waals surface area (Å²) in [5.41, 5.74) is 2.90. The highest BCUT2D eigenvalue weighted by Gasteiger charge is 2.12. The Kier molecular flexibility index (Phi) is 5.69.